The number of nitrogens with zero attached hydrogens (tertiary/aromatic N) is 1. The number of terminal acetylenes is 1. The van der Waals surface area contributed by atoms with Crippen molar-refractivity contribution in [3.63, 3.8) is 0 Å². The molecule has 1 N–H and O–H groups in total. The van der Waals surface area contributed by atoms with E-state index in [1.807, 2.05) is 30.3 Å². The lowest BCUT2D eigenvalue weighted by Gasteiger charge is -2.07. The maximum absolute atomic E-state index is 10.8. The molecule has 5 heteroatoms. The van der Waals surface area contributed by atoms with Gasteiger partial charge in [-0.2, -0.15) is 0 Å². The van der Waals surface area contributed by atoms with Crippen molar-refractivity contribution in [3.8, 4) is 12.3 Å². The van der Waals surface area contributed by atoms with Gasteiger partial charge in [0, 0.05) is 34.4 Å². The van der Waals surface area contributed by atoms with Crippen molar-refractivity contribution >= 4 is 27.3 Å². The Hall–Kier alpha value is -2.32. The lowest BCUT2D eigenvalue weighted by atomic mass is 10.2. The summed E-state index contributed by atoms with van der Waals surface area (Å²) >= 11 is 3.27. The van der Waals surface area contributed by atoms with E-state index in [4.69, 9.17) is 6.42 Å². The van der Waals surface area contributed by atoms with Crippen LogP contribution in [0, 0.1) is 22.5 Å². The van der Waals surface area contributed by atoms with Crippen molar-refractivity contribution in [2.24, 2.45) is 0 Å². The lowest BCUT2D eigenvalue weighted by molar-refractivity contribution is -0.385. The molecule has 0 aromatic heterocycles. The summed E-state index contributed by atoms with van der Waals surface area (Å²) < 4.78 is 0.681. The summed E-state index contributed by atoms with van der Waals surface area (Å²) in [5.41, 5.74) is 2.55. The monoisotopic (exact) mass is 330 g/mol. The molecular weight excluding hydrogens is 320 g/mol. The van der Waals surface area contributed by atoms with Crippen LogP contribution in [0.2, 0.25) is 0 Å². The van der Waals surface area contributed by atoms with Crippen molar-refractivity contribution in [2.45, 2.75) is 6.54 Å². The van der Waals surface area contributed by atoms with Gasteiger partial charge in [0.25, 0.3) is 5.69 Å². The van der Waals surface area contributed by atoms with Gasteiger partial charge in [-0.25, -0.2) is 0 Å². The molecule has 20 heavy (non-hydrogen) atoms. The Morgan fingerprint density at radius 3 is 2.80 bits per heavy atom. The van der Waals surface area contributed by atoms with E-state index in [-0.39, 0.29) is 5.69 Å². The number of nitro benzene ring substituents is 1. The smallest absolute Gasteiger partial charge is 0.270 e. The first-order chi connectivity index (χ1) is 9.58. The minimum atomic E-state index is -0.409. The van der Waals surface area contributed by atoms with Crippen molar-refractivity contribution in [1.29, 1.82) is 0 Å². The number of hydrogen-bond acceptors (Lipinski definition) is 3. The second kappa shape index (κ2) is 6.22. The molecule has 0 unspecified atom stereocenters. The quantitative estimate of drug-likeness (QED) is 0.524. The van der Waals surface area contributed by atoms with E-state index in [9.17, 15) is 10.1 Å². The molecule has 0 heterocycles. The first-order valence-electron chi connectivity index (χ1n) is 5.83. The zero-order chi connectivity index (χ0) is 14.5. The average molecular weight is 331 g/mol. The molecule has 0 aliphatic heterocycles. The molecule has 100 valence electrons. The lowest BCUT2D eigenvalue weighted by Crippen LogP contribution is -2.00. The van der Waals surface area contributed by atoms with E-state index < -0.39 is 4.92 Å². The van der Waals surface area contributed by atoms with Crippen molar-refractivity contribution in [2.75, 3.05) is 5.32 Å². The number of halogens is 1. The van der Waals surface area contributed by atoms with E-state index in [0.717, 1.165) is 16.8 Å². The molecular formula is C15H11BrN2O2. The third kappa shape index (κ3) is 3.59. The fourth-order valence-electron chi connectivity index (χ4n) is 1.76. The molecule has 0 amide bonds. The van der Waals surface area contributed by atoms with Gasteiger partial charge in [0.2, 0.25) is 0 Å². The summed E-state index contributed by atoms with van der Waals surface area (Å²) in [7, 11) is 0. The molecule has 0 saturated carbocycles. The first-order valence-corrected chi connectivity index (χ1v) is 6.62. The van der Waals surface area contributed by atoms with Crippen LogP contribution in [0.4, 0.5) is 11.4 Å². The molecule has 0 saturated heterocycles. The molecule has 0 aliphatic carbocycles. The zero-order valence-corrected chi connectivity index (χ0v) is 12.1. The predicted molar refractivity (Wildman–Crippen MR) is 82.5 cm³/mol. The largest absolute Gasteiger partial charge is 0.381 e. The fourth-order valence-corrected chi connectivity index (χ4v) is 2.29. The number of benzene rings is 2. The normalized spacial score (nSPS) is 9.80. The van der Waals surface area contributed by atoms with E-state index in [2.05, 4.69) is 27.2 Å². The molecule has 0 aliphatic rings. The van der Waals surface area contributed by atoms with E-state index in [1.54, 1.807) is 6.07 Å². The number of nitrogens with one attached hydrogen (secondary N) is 1. The SMILES string of the molecule is C#Cc1cccc(NCc2cc(Br)cc([N+](=O)[O-])c2)c1. The van der Waals surface area contributed by atoms with Gasteiger partial charge in [-0.3, -0.25) is 10.1 Å². The molecule has 0 radical (unpaired) electrons. The summed E-state index contributed by atoms with van der Waals surface area (Å²) in [6.07, 6.45) is 5.34. The van der Waals surface area contributed by atoms with Gasteiger partial charge in [-0.1, -0.05) is 27.9 Å². The highest BCUT2D eigenvalue weighted by Crippen LogP contribution is 2.22. The summed E-state index contributed by atoms with van der Waals surface area (Å²) in [4.78, 5) is 10.4. The Labute approximate surface area is 125 Å². The number of non-ortho nitro benzene ring substituents is 1. The van der Waals surface area contributed by atoms with E-state index in [0.29, 0.717) is 11.0 Å². The van der Waals surface area contributed by atoms with Crippen LogP contribution in [0.25, 0.3) is 0 Å². The minimum Gasteiger partial charge on any atom is -0.381 e. The van der Waals surface area contributed by atoms with Gasteiger partial charge < -0.3 is 5.32 Å². The van der Waals surface area contributed by atoms with E-state index >= 15 is 0 Å². The van der Waals surface area contributed by atoms with Crippen LogP contribution in [0.3, 0.4) is 0 Å². The number of rotatable bonds is 4. The molecule has 0 bridgehead atoms. The Bertz CT molecular complexity index is 693. The van der Waals surface area contributed by atoms with Gasteiger partial charge >= 0.3 is 0 Å². The zero-order valence-electron chi connectivity index (χ0n) is 10.5. The van der Waals surface area contributed by atoms with Crippen LogP contribution in [0.5, 0.6) is 0 Å². The summed E-state index contributed by atoms with van der Waals surface area (Å²) in [6, 6.07) is 12.3. The standard InChI is InChI=1S/C15H11BrN2O2/c1-2-11-4-3-5-14(7-11)17-10-12-6-13(16)9-15(8-12)18(19)20/h1,3-9,17H,10H2. The van der Waals surface area contributed by atoms with Crippen LogP contribution < -0.4 is 5.32 Å². The minimum absolute atomic E-state index is 0.0635. The average Bonchev–Trinajstić information content (AvgIpc) is 2.44. The van der Waals surface area contributed by atoms with Gasteiger partial charge in [0.05, 0.1) is 4.92 Å². The molecule has 0 spiro atoms. The molecule has 2 aromatic rings. The third-order valence-corrected chi connectivity index (χ3v) is 3.14. The molecule has 0 atom stereocenters. The second-order valence-electron chi connectivity index (χ2n) is 4.15. The Balaban J connectivity index is 2.14. The highest BCUT2D eigenvalue weighted by Gasteiger charge is 2.08. The van der Waals surface area contributed by atoms with Gasteiger partial charge in [0.15, 0.2) is 0 Å². The first kappa shape index (κ1) is 14.1. The van der Waals surface area contributed by atoms with Crippen molar-refractivity contribution in [1.82, 2.24) is 0 Å². The van der Waals surface area contributed by atoms with Crippen LogP contribution in [0.15, 0.2) is 46.9 Å². The summed E-state index contributed by atoms with van der Waals surface area (Å²) in [5, 5.41) is 14.0. The summed E-state index contributed by atoms with van der Waals surface area (Å²) in [6.45, 7) is 0.480. The van der Waals surface area contributed by atoms with E-state index in [1.165, 1.54) is 6.07 Å². The third-order valence-electron chi connectivity index (χ3n) is 2.68. The van der Waals surface area contributed by atoms with Crippen LogP contribution >= 0.6 is 15.9 Å². The molecule has 4 nitrogen and oxygen atoms in total. The van der Waals surface area contributed by atoms with Crippen molar-refractivity contribution in [3.05, 3.63) is 68.2 Å². The van der Waals surface area contributed by atoms with Crippen molar-refractivity contribution < 1.29 is 4.92 Å². The maximum atomic E-state index is 10.8. The molecule has 2 aromatic carbocycles. The maximum Gasteiger partial charge on any atom is 0.270 e. The topological polar surface area (TPSA) is 55.2 Å². The van der Waals surface area contributed by atoms with Crippen LogP contribution in [-0.2, 0) is 6.54 Å². The number of hydrogen-bond donors (Lipinski definition) is 1. The Morgan fingerprint density at radius 1 is 1.30 bits per heavy atom. The Kier molecular flexibility index (Phi) is 4.38. The highest BCUT2D eigenvalue weighted by atomic mass is 79.9. The molecule has 0 fully saturated rings. The summed E-state index contributed by atoms with van der Waals surface area (Å²) in [5.74, 6) is 2.56. The predicted octanol–water partition coefficient (Wildman–Crippen LogP) is 3.95. The van der Waals surface area contributed by atoms with Gasteiger partial charge in [-0.15, -0.1) is 6.42 Å². The highest BCUT2D eigenvalue weighted by molar-refractivity contribution is 9.10. The number of nitro groups is 1. The van der Waals surface area contributed by atoms with Gasteiger partial charge in [-0.05, 0) is 29.8 Å². The second-order valence-corrected chi connectivity index (χ2v) is 5.07. The van der Waals surface area contributed by atoms with Gasteiger partial charge in [0.1, 0.15) is 0 Å². The molecule has 2 rings (SSSR count). The fraction of sp³-hybridized carbons (Fsp3) is 0.0667. The number of anilines is 1. The van der Waals surface area contributed by atoms with Crippen LogP contribution in [-0.4, -0.2) is 4.92 Å². The van der Waals surface area contributed by atoms with Crippen LogP contribution in [0.1, 0.15) is 11.1 Å². The Morgan fingerprint density at radius 2 is 2.10 bits per heavy atom.